The number of morpholine rings is 1. The molecule has 1 aromatic heterocycles. The number of aromatic amines is 1. The molecule has 1 saturated heterocycles. The van der Waals surface area contributed by atoms with Gasteiger partial charge in [0.05, 0.1) is 30.5 Å². The molecule has 31 heavy (non-hydrogen) atoms. The molecular formula is C24H24ClFN4O. The molecule has 2 aliphatic heterocycles. The summed E-state index contributed by atoms with van der Waals surface area (Å²) in [6, 6.07) is 15.4. The van der Waals surface area contributed by atoms with Crippen LogP contribution in [0.2, 0.25) is 5.02 Å². The summed E-state index contributed by atoms with van der Waals surface area (Å²) in [5.41, 5.74) is 6.31. The van der Waals surface area contributed by atoms with E-state index in [0.717, 1.165) is 67.7 Å². The molecule has 1 fully saturated rings. The number of ether oxygens (including phenoxy) is 1. The van der Waals surface area contributed by atoms with Gasteiger partial charge in [0.15, 0.2) is 0 Å². The van der Waals surface area contributed by atoms with Gasteiger partial charge in [-0.15, -0.1) is 0 Å². The van der Waals surface area contributed by atoms with Crippen LogP contribution >= 0.6 is 11.6 Å². The van der Waals surface area contributed by atoms with Gasteiger partial charge in [0.1, 0.15) is 5.82 Å². The van der Waals surface area contributed by atoms with E-state index in [2.05, 4.69) is 50.6 Å². The topological polar surface area (TPSA) is 43.5 Å². The summed E-state index contributed by atoms with van der Waals surface area (Å²) in [7, 11) is 0. The molecule has 0 spiro atoms. The van der Waals surface area contributed by atoms with Crippen molar-refractivity contribution >= 4 is 28.7 Å². The number of anilines is 2. The van der Waals surface area contributed by atoms with Crippen LogP contribution in [-0.2, 0) is 17.8 Å². The lowest BCUT2D eigenvalue weighted by Crippen LogP contribution is -2.35. The maximum absolute atomic E-state index is 13.5. The lowest BCUT2D eigenvalue weighted by molar-refractivity contribution is 0.0342. The Balaban J connectivity index is 1.36. The summed E-state index contributed by atoms with van der Waals surface area (Å²) in [6.07, 6.45) is 4.02. The molecule has 0 atom stereocenters. The zero-order valence-electron chi connectivity index (χ0n) is 17.1. The molecular weight excluding hydrogens is 415 g/mol. The van der Waals surface area contributed by atoms with Gasteiger partial charge < -0.3 is 19.9 Å². The minimum atomic E-state index is -0.425. The number of aromatic nitrogens is 1. The summed E-state index contributed by atoms with van der Waals surface area (Å²) >= 11 is 5.96. The molecule has 3 aromatic rings. The number of rotatable bonds is 5. The quantitative estimate of drug-likeness (QED) is 0.583. The maximum Gasteiger partial charge on any atom is 0.141 e. The number of nitrogens with zero attached hydrogens (tertiary/aromatic N) is 2. The van der Waals surface area contributed by atoms with Crippen LogP contribution in [0.15, 0.2) is 60.9 Å². The second-order valence-electron chi connectivity index (χ2n) is 7.85. The lowest BCUT2D eigenvalue weighted by atomic mass is 10.1. The molecule has 5 nitrogen and oxygen atoms in total. The molecule has 160 valence electrons. The minimum Gasteiger partial charge on any atom is -0.379 e. The third-order valence-corrected chi connectivity index (χ3v) is 6.00. The van der Waals surface area contributed by atoms with E-state index in [4.69, 9.17) is 16.3 Å². The second-order valence-corrected chi connectivity index (χ2v) is 8.26. The molecule has 0 aliphatic carbocycles. The average Bonchev–Trinajstić information content (AvgIpc) is 3.27. The van der Waals surface area contributed by atoms with Crippen molar-refractivity contribution in [1.29, 1.82) is 0 Å². The predicted octanol–water partition coefficient (Wildman–Crippen LogP) is 5.07. The van der Waals surface area contributed by atoms with E-state index in [0.29, 0.717) is 0 Å². The highest BCUT2D eigenvalue weighted by atomic mass is 35.5. The van der Waals surface area contributed by atoms with Crippen molar-refractivity contribution in [2.24, 2.45) is 0 Å². The van der Waals surface area contributed by atoms with Crippen molar-refractivity contribution in [3.05, 3.63) is 88.6 Å². The van der Waals surface area contributed by atoms with E-state index in [1.165, 1.54) is 11.6 Å². The molecule has 0 amide bonds. The summed E-state index contributed by atoms with van der Waals surface area (Å²) in [6.45, 7) is 5.27. The second kappa shape index (κ2) is 8.75. The van der Waals surface area contributed by atoms with Gasteiger partial charge >= 0.3 is 0 Å². The Kier molecular flexibility index (Phi) is 5.68. The first-order valence-corrected chi connectivity index (χ1v) is 10.8. The van der Waals surface area contributed by atoms with E-state index >= 15 is 0 Å². The van der Waals surface area contributed by atoms with Crippen molar-refractivity contribution in [3.63, 3.8) is 0 Å². The van der Waals surface area contributed by atoms with Crippen molar-refractivity contribution in [2.45, 2.75) is 13.1 Å². The standard InChI is InChI=1S/C24H24ClFN4O/c25-21-13-18(3-6-22(21)26)28-24-16-30(15-23-20(24)7-8-27-23)19-4-1-17(2-5-19)14-29-9-11-31-12-10-29/h1-8,13,16,27-28H,9-12,14-15H2. The van der Waals surface area contributed by atoms with Crippen LogP contribution < -0.4 is 10.2 Å². The zero-order chi connectivity index (χ0) is 21.2. The third-order valence-electron chi connectivity index (χ3n) is 5.71. The molecule has 2 aliphatic rings. The Morgan fingerprint density at radius 3 is 2.65 bits per heavy atom. The molecule has 2 N–H and O–H groups in total. The van der Waals surface area contributed by atoms with Gasteiger partial charge in [0, 0.05) is 54.7 Å². The Hall–Kier alpha value is -2.80. The number of hydrogen-bond acceptors (Lipinski definition) is 4. The first-order chi connectivity index (χ1) is 15.2. The van der Waals surface area contributed by atoms with E-state index in [9.17, 15) is 4.39 Å². The first kappa shape index (κ1) is 20.1. The molecule has 0 unspecified atom stereocenters. The zero-order valence-corrected chi connectivity index (χ0v) is 17.8. The van der Waals surface area contributed by atoms with Gasteiger partial charge in [0.2, 0.25) is 0 Å². The first-order valence-electron chi connectivity index (χ1n) is 10.4. The minimum absolute atomic E-state index is 0.100. The van der Waals surface area contributed by atoms with E-state index in [1.54, 1.807) is 12.1 Å². The summed E-state index contributed by atoms with van der Waals surface area (Å²) in [5, 5.41) is 3.49. The van der Waals surface area contributed by atoms with Crippen LogP contribution in [0.5, 0.6) is 0 Å². The SMILES string of the molecule is Fc1ccc(NC2=CN(c3ccc(CN4CCOCC4)cc3)Cc3[nH]ccc32)cc1Cl. The van der Waals surface area contributed by atoms with Crippen LogP contribution in [-0.4, -0.2) is 36.2 Å². The lowest BCUT2D eigenvalue weighted by Gasteiger charge is -2.29. The molecule has 0 saturated carbocycles. The molecule has 2 aromatic carbocycles. The maximum atomic E-state index is 13.5. The third kappa shape index (κ3) is 4.46. The van der Waals surface area contributed by atoms with E-state index in [-0.39, 0.29) is 5.02 Å². The van der Waals surface area contributed by atoms with Crippen LogP contribution in [0.1, 0.15) is 16.8 Å². The van der Waals surface area contributed by atoms with Crippen LogP contribution in [0, 0.1) is 5.82 Å². The fourth-order valence-electron chi connectivity index (χ4n) is 4.03. The monoisotopic (exact) mass is 438 g/mol. The number of H-pyrrole nitrogens is 1. The van der Waals surface area contributed by atoms with Gasteiger partial charge in [-0.1, -0.05) is 23.7 Å². The fourth-order valence-corrected chi connectivity index (χ4v) is 4.21. The Morgan fingerprint density at radius 2 is 1.87 bits per heavy atom. The fraction of sp³-hybridized carbons (Fsp3) is 0.250. The molecule has 3 heterocycles. The van der Waals surface area contributed by atoms with Gasteiger partial charge in [-0.2, -0.15) is 0 Å². The number of fused-ring (bicyclic) bond motifs is 1. The molecule has 5 rings (SSSR count). The summed E-state index contributed by atoms with van der Waals surface area (Å²) in [5.74, 6) is -0.425. The molecule has 0 bridgehead atoms. The average molecular weight is 439 g/mol. The Bertz CT molecular complexity index is 1090. The van der Waals surface area contributed by atoms with Crippen molar-refractivity contribution < 1.29 is 9.13 Å². The number of hydrogen-bond donors (Lipinski definition) is 2. The highest BCUT2D eigenvalue weighted by Gasteiger charge is 2.20. The van der Waals surface area contributed by atoms with E-state index < -0.39 is 5.82 Å². The smallest absolute Gasteiger partial charge is 0.141 e. The van der Waals surface area contributed by atoms with Gasteiger partial charge in [0.25, 0.3) is 0 Å². The highest BCUT2D eigenvalue weighted by molar-refractivity contribution is 6.31. The predicted molar refractivity (Wildman–Crippen MR) is 123 cm³/mol. The van der Waals surface area contributed by atoms with Gasteiger partial charge in [-0.25, -0.2) is 4.39 Å². The van der Waals surface area contributed by atoms with Crippen LogP contribution in [0.25, 0.3) is 5.70 Å². The Labute approximate surface area is 186 Å². The van der Waals surface area contributed by atoms with Crippen molar-refractivity contribution in [1.82, 2.24) is 9.88 Å². The number of benzene rings is 2. The summed E-state index contributed by atoms with van der Waals surface area (Å²) < 4.78 is 19.0. The van der Waals surface area contributed by atoms with Gasteiger partial charge in [-0.05, 0) is 42.0 Å². The van der Waals surface area contributed by atoms with Gasteiger partial charge in [-0.3, -0.25) is 4.90 Å². The number of halogens is 2. The normalized spacial score (nSPS) is 16.7. The van der Waals surface area contributed by atoms with Crippen molar-refractivity contribution in [2.75, 3.05) is 36.5 Å². The van der Waals surface area contributed by atoms with E-state index in [1.807, 2.05) is 12.3 Å². The highest BCUT2D eigenvalue weighted by Crippen LogP contribution is 2.31. The van der Waals surface area contributed by atoms with Crippen LogP contribution in [0.4, 0.5) is 15.8 Å². The Morgan fingerprint density at radius 1 is 1.06 bits per heavy atom. The largest absolute Gasteiger partial charge is 0.379 e. The van der Waals surface area contributed by atoms with Crippen LogP contribution in [0.3, 0.4) is 0 Å². The number of nitrogens with one attached hydrogen (secondary N) is 2. The molecule has 7 heteroatoms. The summed E-state index contributed by atoms with van der Waals surface area (Å²) in [4.78, 5) is 7.95. The van der Waals surface area contributed by atoms with Crippen molar-refractivity contribution in [3.8, 4) is 0 Å². The molecule has 0 radical (unpaired) electrons.